The molecule has 0 unspecified atom stereocenters. The van der Waals surface area contributed by atoms with Gasteiger partial charge in [-0.15, -0.1) is 11.3 Å². The third kappa shape index (κ3) is 3.76. The molecule has 0 N–H and O–H groups in total. The largest absolute Gasteiger partial charge is 0.244 e. The normalized spacial score (nSPS) is 12.3. The van der Waals surface area contributed by atoms with E-state index in [4.69, 9.17) is 0 Å². The Balaban J connectivity index is 3.04. The Bertz CT molecular complexity index is 471. The van der Waals surface area contributed by atoms with Gasteiger partial charge >= 0.3 is 0 Å². The molecule has 0 amide bonds. The summed E-state index contributed by atoms with van der Waals surface area (Å²) in [5, 5.41) is 0.811. The Morgan fingerprint density at radius 1 is 1.47 bits per heavy atom. The molecule has 7 heteroatoms. The first-order valence-electron chi connectivity index (χ1n) is 5.25. The van der Waals surface area contributed by atoms with Crippen molar-refractivity contribution in [2.75, 3.05) is 18.4 Å². The maximum atomic E-state index is 12.4. The van der Waals surface area contributed by atoms with Gasteiger partial charge in [0, 0.05) is 23.3 Å². The smallest absolute Gasteiger partial charge is 0.207 e. The minimum atomic E-state index is -3.34. The van der Waals surface area contributed by atoms with E-state index in [1.807, 2.05) is 13.8 Å². The summed E-state index contributed by atoms with van der Waals surface area (Å²) in [6, 6.07) is 1.69. The summed E-state index contributed by atoms with van der Waals surface area (Å²) in [5.74, 6) is 0. The topological polar surface area (TPSA) is 37.4 Å². The van der Waals surface area contributed by atoms with Crippen LogP contribution in [0.4, 0.5) is 0 Å². The summed E-state index contributed by atoms with van der Waals surface area (Å²) in [6.07, 6.45) is 0.817. The first kappa shape index (κ1) is 15.6. The predicted molar refractivity (Wildman–Crippen MR) is 79.6 cm³/mol. The van der Waals surface area contributed by atoms with Crippen molar-refractivity contribution < 1.29 is 8.42 Å². The highest BCUT2D eigenvalue weighted by molar-refractivity contribution is 9.11. The van der Waals surface area contributed by atoms with Crippen LogP contribution in [-0.4, -0.2) is 31.1 Å². The van der Waals surface area contributed by atoms with E-state index >= 15 is 0 Å². The van der Waals surface area contributed by atoms with Gasteiger partial charge in [0.2, 0.25) is 10.0 Å². The van der Waals surface area contributed by atoms with Crippen LogP contribution in [0, 0.1) is 6.92 Å². The third-order valence-electron chi connectivity index (χ3n) is 2.35. The van der Waals surface area contributed by atoms with Gasteiger partial charge in [0.25, 0.3) is 0 Å². The number of aryl methyl sites for hydroxylation is 1. The standard InChI is InChI=1S/C10H15Br2NO2S2/c1-3-13(6-4-5-11)17(14,15)9-7-10(12)16-8(9)2/h7H,3-6H2,1-2H3. The molecule has 0 aromatic carbocycles. The SMILES string of the molecule is CCN(CCCBr)S(=O)(=O)c1cc(Br)sc1C. The van der Waals surface area contributed by atoms with Crippen molar-refractivity contribution in [3.05, 3.63) is 14.7 Å². The third-order valence-corrected chi connectivity index (χ3v) is 6.70. The molecular weight excluding hydrogens is 390 g/mol. The van der Waals surface area contributed by atoms with Crippen LogP contribution in [0.1, 0.15) is 18.2 Å². The van der Waals surface area contributed by atoms with Crippen molar-refractivity contribution in [2.24, 2.45) is 0 Å². The minimum Gasteiger partial charge on any atom is -0.207 e. The highest BCUT2D eigenvalue weighted by Crippen LogP contribution is 2.31. The number of sulfonamides is 1. The van der Waals surface area contributed by atoms with E-state index in [0.29, 0.717) is 18.0 Å². The van der Waals surface area contributed by atoms with E-state index in [1.54, 1.807) is 6.07 Å². The molecule has 1 rings (SSSR count). The van der Waals surface area contributed by atoms with Crippen molar-refractivity contribution >= 4 is 53.2 Å². The van der Waals surface area contributed by atoms with Crippen molar-refractivity contribution in [1.29, 1.82) is 0 Å². The number of halogens is 2. The van der Waals surface area contributed by atoms with E-state index < -0.39 is 10.0 Å². The highest BCUT2D eigenvalue weighted by Gasteiger charge is 2.25. The van der Waals surface area contributed by atoms with Crippen LogP contribution in [-0.2, 0) is 10.0 Å². The number of rotatable bonds is 6. The molecular formula is C10H15Br2NO2S2. The number of alkyl halides is 1. The van der Waals surface area contributed by atoms with Gasteiger partial charge in [-0.3, -0.25) is 0 Å². The van der Waals surface area contributed by atoms with Gasteiger partial charge in [-0.25, -0.2) is 8.42 Å². The van der Waals surface area contributed by atoms with E-state index in [-0.39, 0.29) is 0 Å². The fourth-order valence-corrected chi connectivity index (χ4v) is 5.63. The monoisotopic (exact) mass is 403 g/mol. The van der Waals surface area contributed by atoms with Gasteiger partial charge in [0.1, 0.15) is 0 Å². The molecule has 0 bridgehead atoms. The number of hydrogen-bond donors (Lipinski definition) is 0. The average Bonchev–Trinajstić information content (AvgIpc) is 2.59. The van der Waals surface area contributed by atoms with E-state index in [9.17, 15) is 8.42 Å². The van der Waals surface area contributed by atoms with Crippen LogP contribution in [0.2, 0.25) is 0 Å². The molecule has 0 aliphatic carbocycles. The Morgan fingerprint density at radius 3 is 2.53 bits per heavy atom. The molecule has 0 saturated carbocycles. The van der Waals surface area contributed by atoms with Gasteiger partial charge in [0.15, 0.2) is 0 Å². The molecule has 0 aliphatic rings. The maximum absolute atomic E-state index is 12.4. The van der Waals surface area contributed by atoms with Gasteiger partial charge in [0.05, 0.1) is 8.68 Å². The molecule has 0 radical (unpaired) electrons. The summed E-state index contributed by atoms with van der Waals surface area (Å²) in [5.41, 5.74) is 0. The lowest BCUT2D eigenvalue weighted by Crippen LogP contribution is -2.32. The zero-order chi connectivity index (χ0) is 13.1. The molecule has 3 nitrogen and oxygen atoms in total. The van der Waals surface area contributed by atoms with Crippen LogP contribution in [0.3, 0.4) is 0 Å². The molecule has 98 valence electrons. The molecule has 1 aromatic heterocycles. The Morgan fingerprint density at radius 2 is 2.12 bits per heavy atom. The molecule has 0 aliphatic heterocycles. The molecule has 1 aromatic rings. The maximum Gasteiger partial charge on any atom is 0.244 e. The first-order valence-corrected chi connectivity index (χ1v) is 9.42. The Labute approximate surface area is 124 Å². The van der Waals surface area contributed by atoms with Crippen LogP contribution >= 0.6 is 43.2 Å². The summed E-state index contributed by atoms with van der Waals surface area (Å²) in [7, 11) is -3.34. The van der Waals surface area contributed by atoms with Crippen molar-refractivity contribution in [3.63, 3.8) is 0 Å². The van der Waals surface area contributed by atoms with E-state index in [0.717, 1.165) is 20.4 Å². The van der Waals surface area contributed by atoms with Crippen LogP contribution < -0.4 is 0 Å². The summed E-state index contributed by atoms with van der Waals surface area (Å²) in [4.78, 5) is 1.25. The average molecular weight is 405 g/mol. The Kier molecular flexibility index (Phi) is 6.12. The summed E-state index contributed by atoms with van der Waals surface area (Å²) >= 11 is 8.10. The second-order valence-electron chi connectivity index (χ2n) is 3.51. The van der Waals surface area contributed by atoms with Crippen LogP contribution in [0.25, 0.3) is 0 Å². The lowest BCUT2D eigenvalue weighted by Gasteiger charge is -2.19. The van der Waals surface area contributed by atoms with E-state index in [2.05, 4.69) is 31.9 Å². The Hall–Kier alpha value is 0.570. The molecule has 0 saturated heterocycles. The lowest BCUT2D eigenvalue weighted by molar-refractivity contribution is 0.428. The number of thiophene rings is 1. The van der Waals surface area contributed by atoms with Gasteiger partial charge in [-0.05, 0) is 35.3 Å². The molecule has 0 spiro atoms. The fourth-order valence-electron chi connectivity index (χ4n) is 1.51. The van der Waals surface area contributed by atoms with Crippen molar-refractivity contribution in [2.45, 2.75) is 25.2 Å². The quantitative estimate of drug-likeness (QED) is 0.679. The van der Waals surface area contributed by atoms with Gasteiger partial charge in [-0.1, -0.05) is 22.9 Å². The van der Waals surface area contributed by atoms with Gasteiger partial charge < -0.3 is 0 Å². The summed E-state index contributed by atoms with van der Waals surface area (Å²) in [6.45, 7) is 4.75. The molecule has 1 heterocycles. The van der Waals surface area contributed by atoms with Crippen molar-refractivity contribution in [3.8, 4) is 0 Å². The number of nitrogens with zero attached hydrogens (tertiary/aromatic N) is 1. The minimum absolute atomic E-state index is 0.422. The summed E-state index contributed by atoms with van der Waals surface area (Å²) < 4.78 is 27.2. The first-order chi connectivity index (χ1) is 7.93. The van der Waals surface area contributed by atoms with Crippen molar-refractivity contribution in [1.82, 2.24) is 4.31 Å². The molecule has 0 fully saturated rings. The van der Waals surface area contributed by atoms with Crippen LogP contribution in [0.15, 0.2) is 14.7 Å². The zero-order valence-electron chi connectivity index (χ0n) is 9.74. The zero-order valence-corrected chi connectivity index (χ0v) is 14.5. The molecule has 17 heavy (non-hydrogen) atoms. The second kappa shape index (κ2) is 6.65. The number of hydrogen-bond acceptors (Lipinski definition) is 3. The predicted octanol–water partition coefficient (Wildman–Crippen LogP) is 3.61. The fraction of sp³-hybridized carbons (Fsp3) is 0.600. The second-order valence-corrected chi connectivity index (χ2v) is 8.85. The van der Waals surface area contributed by atoms with Gasteiger partial charge in [-0.2, -0.15) is 4.31 Å². The highest BCUT2D eigenvalue weighted by atomic mass is 79.9. The van der Waals surface area contributed by atoms with Crippen LogP contribution in [0.5, 0.6) is 0 Å². The lowest BCUT2D eigenvalue weighted by atomic mass is 10.5. The van der Waals surface area contributed by atoms with E-state index in [1.165, 1.54) is 15.6 Å². The molecule has 0 atom stereocenters.